The van der Waals surface area contributed by atoms with Crippen LogP contribution in [0, 0.1) is 11.8 Å². The number of halogens is 1. The minimum atomic E-state index is -1.10. The summed E-state index contributed by atoms with van der Waals surface area (Å²) < 4.78 is 18.8. The van der Waals surface area contributed by atoms with Gasteiger partial charge in [0.05, 0.1) is 6.61 Å². The molecule has 1 saturated heterocycles. The van der Waals surface area contributed by atoms with Crippen LogP contribution in [0.3, 0.4) is 0 Å². The highest BCUT2D eigenvalue weighted by molar-refractivity contribution is 6.14. The summed E-state index contributed by atoms with van der Waals surface area (Å²) >= 11 is 0. The van der Waals surface area contributed by atoms with Gasteiger partial charge in [0.2, 0.25) is 0 Å². The Morgan fingerprint density at radius 3 is 2.64 bits per heavy atom. The van der Waals surface area contributed by atoms with Gasteiger partial charge in [-0.1, -0.05) is 13.8 Å². The molecule has 0 saturated carbocycles. The minimum Gasteiger partial charge on any atom is -0.379 e. The van der Waals surface area contributed by atoms with Crippen molar-refractivity contribution in [2.75, 3.05) is 13.2 Å². The fraction of sp³-hybridized carbons (Fsp3) is 1.00. The molecule has 1 aliphatic rings. The Hall–Kier alpha value is -0.0451. The zero-order chi connectivity index (χ0) is 8.48. The van der Waals surface area contributed by atoms with E-state index in [-0.39, 0.29) is 12.5 Å². The second-order valence-electron chi connectivity index (χ2n) is 3.97. The van der Waals surface area contributed by atoms with Crippen molar-refractivity contribution in [1.29, 1.82) is 0 Å². The van der Waals surface area contributed by atoms with Crippen molar-refractivity contribution in [3.8, 4) is 0 Å². The van der Waals surface area contributed by atoms with Crippen molar-refractivity contribution in [2.24, 2.45) is 11.8 Å². The molecule has 3 heteroatoms. The summed E-state index contributed by atoms with van der Waals surface area (Å²) in [4.78, 5) is 0. The van der Waals surface area contributed by atoms with Crippen LogP contribution in [0.1, 0.15) is 20.3 Å². The largest absolute Gasteiger partial charge is 0.379 e. The minimum absolute atomic E-state index is 0.177. The average Bonchev–Trinajstić information content (AvgIpc) is 1.85. The third-order valence-corrected chi connectivity index (χ3v) is 2.54. The highest BCUT2D eigenvalue weighted by Gasteiger charge is 2.38. The van der Waals surface area contributed by atoms with Crippen LogP contribution in [0.15, 0.2) is 0 Å². The van der Waals surface area contributed by atoms with Gasteiger partial charge >= 0.3 is 0 Å². The van der Waals surface area contributed by atoms with Gasteiger partial charge in [-0.05, 0) is 18.3 Å². The van der Waals surface area contributed by atoms with Crippen LogP contribution >= 0.6 is 0 Å². The van der Waals surface area contributed by atoms with E-state index >= 15 is 0 Å². The molecule has 0 radical (unpaired) electrons. The lowest BCUT2D eigenvalue weighted by Crippen LogP contribution is -2.45. The molecule has 2 unspecified atom stereocenters. The number of ether oxygens (including phenoxy) is 1. The van der Waals surface area contributed by atoms with Crippen LogP contribution in [-0.4, -0.2) is 26.6 Å². The molecule has 0 spiro atoms. The molecule has 11 heavy (non-hydrogen) atoms. The number of alkyl halides is 1. The van der Waals surface area contributed by atoms with Crippen molar-refractivity contribution in [3.63, 3.8) is 0 Å². The Bertz CT molecular complexity index is 136. The van der Waals surface area contributed by atoms with E-state index in [1.165, 1.54) is 0 Å². The van der Waals surface area contributed by atoms with Gasteiger partial charge in [0.25, 0.3) is 0 Å². The van der Waals surface area contributed by atoms with E-state index in [2.05, 4.69) is 13.8 Å². The van der Waals surface area contributed by atoms with E-state index in [1.54, 1.807) is 7.85 Å². The summed E-state index contributed by atoms with van der Waals surface area (Å²) in [5, 5.41) is 0. The molecule has 1 nitrogen and oxygen atoms in total. The average molecular weight is 158 g/mol. The molecule has 0 aromatic heterocycles. The van der Waals surface area contributed by atoms with E-state index in [4.69, 9.17) is 4.74 Å². The summed E-state index contributed by atoms with van der Waals surface area (Å²) in [6, 6.07) is 0. The van der Waals surface area contributed by atoms with E-state index < -0.39 is 5.57 Å². The zero-order valence-corrected chi connectivity index (χ0v) is 7.56. The second-order valence-corrected chi connectivity index (χ2v) is 3.97. The van der Waals surface area contributed by atoms with Crippen LogP contribution < -0.4 is 0 Å². The van der Waals surface area contributed by atoms with Crippen molar-refractivity contribution >= 4 is 7.85 Å². The Morgan fingerprint density at radius 1 is 1.64 bits per heavy atom. The van der Waals surface area contributed by atoms with Gasteiger partial charge in [-0.3, -0.25) is 4.39 Å². The molecule has 64 valence electrons. The molecule has 1 aliphatic heterocycles. The predicted octanol–water partition coefficient (Wildman–Crippen LogP) is 0.978. The van der Waals surface area contributed by atoms with Crippen LogP contribution in [0.4, 0.5) is 4.39 Å². The third-order valence-electron chi connectivity index (χ3n) is 2.54. The zero-order valence-electron chi connectivity index (χ0n) is 7.56. The molecule has 1 heterocycles. The van der Waals surface area contributed by atoms with Gasteiger partial charge in [0, 0.05) is 6.61 Å². The van der Waals surface area contributed by atoms with Gasteiger partial charge in [-0.15, -0.1) is 0 Å². The van der Waals surface area contributed by atoms with Crippen LogP contribution in [0.25, 0.3) is 0 Å². The molecule has 2 atom stereocenters. The number of rotatable bonds is 1. The highest BCUT2D eigenvalue weighted by atomic mass is 19.1. The molecule has 1 rings (SSSR count). The quantitative estimate of drug-likeness (QED) is 0.517. The predicted molar refractivity (Wildman–Crippen MR) is 46.1 cm³/mol. The van der Waals surface area contributed by atoms with Gasteiger partial charge < -0.3 is 4.74 Å². The fourth-order valence-electron chi connectivity index (χ4n) is 1.92. The molecule has 0 aromatic rings. The van der Waals surface area contributed by atoms with E-state index in [0.717, 1.165) is 13.0 Å². The third kappa shape index (κ3) is 1.95. The first-order valence-electron chi connectivity index (χ1n) is 4.30. The summed E-state index contributed by atoms with van der Waals surface area (Å²) in [7, 11) is 1.65. The molecular formula is C8H16BFO. The van der Waals surface area contributed by atoms with Gasteiger partial charge in [-0.2, -0.15) is 0 Å². The number of hydrogen-bond donors (Lipinski definition) is 0. The Kier molecular flexibility index (Phi) is 2.58. The smallest absolute Gasteiger partial charge is 0.153 e. The van der Waals surface area contributed by atoms with Gasteiger partial charge in [-0.25, -0.2) is 0 Å². The molecule has 0 N–H and O–H groups in total. The van der Waals surface area contributed by atoms with Crippen molar-refractivity contribution in [1.82, 2.24) is 0 Å². The van der Waals surface area contributed by atoms with Crippen LogP contribution in [0.2, 0.25) is 0 Å². The summed E-state index contributed by atoms with van der Waals surface area (Å²) in [6.07, 6.45) is 0.866. The summed E-state index contributed by atoms with van der Waals surface area (Å²) in [5.74, 6) is 0.602. The lowest BCUT2D eigenvalue weighted by atomic mass is 9.67. The standard InChI is InChI=1S/C8H16BFO/c1-6(2)7-3-4-11-5-8(7,9)10/h6-7H,3-5,9H2,1-2H3. The Morgan fingerprint density at radius 2 is 2.27 bits per heavy atom. The van der Waals surface area contributed by atoms with Gasteiger partial charge in [0.1, 0.15) is 5.57 Å². The highest BCUT2D eigenvalue weighted by Crippen LogP contribution is 2.32. The summed E-state index contributed by atoms with van der Waals surface area (Å²) in [5.41, 5.74) is -1.10. The SMILES string of the molecule is BC1(F)COCCC1C(C)C. The first kappa shape index (κ1) is 9.05. The van der Waals surface area contributed by atoms with E-state index in [9.17, 15) is 4.39 Å². The molecule has 0 amide bonds. The molecule has 1 fully saturated rings. The second kappa shape index (κ2) is 3.14. The van der Waals surface area contributed by atoms with Crippen molar-refractivity contribution < 1.29 is 9.13 Å². The van der Waals surface area contributed by atoms with Crippen molar-refractivity contribution in [2.45, 2.75) is 25.8 Å². The molecule has 0 bridgehead atoms. The summed E-state index contributed by atoms with van der Waals surface area (Å²) in [6.45, 7) is 5.15. The van der Waals surface area contributed by atoms with Gasteiger partial charge in [0.15, 0.2) is 7.85 Å². The molecular weight excluding hydrogens is 142 g/mol. The maximum absolute atomic E-state index is 13.7. The normalized spacial score (nSPS) is 39.5. The lowest BCUT2D eigenvalue weighted by Gasteiger charge is -2.37. The number of hydrogen-bond acceptors (Lipinski definition) is 1. The first-order chi connectivity index (χ1) is 5.04. The van der Waals surface area contributed by atoms with Crippen LogP contribution in [-0.2, 0) is 4.74 Å². The topological polar surface area (TPSA) is 9.23 Å². The lowest BCUT2D eigenvalue weighted by molar-refractivity contribution is -0.0404. The molecule has 0 aliphatic carbocycles. The van der Waals surface area contributed by atoms with Crippen LogP contribution in [0.5, 0.6) is 0 Å². The van der Waals surface area contributed by atoms with Crippen molar-refractivity contribution in [3.05, 3.63) is 0 Å². The molecule has 0 aromatic carbocycles. The fourth-order valence-corrected chi connectivity index (χ4v) is 1.92. The maximum atomic E-state index is 13.7. The Labute approximate surface area is 68.7 Å². The van der Waals surface area contributed by atoms with E-state index in [0.29, 0.717) is 5.92 Å². The maximum Gasteiger partial charge on any atom is 0.153 e. The Balaban J connectivity index is 2.60. The first-order valence-corrected chi connectivity index (χ1v) is 4.30. The van der Waals surface area contributed by atoms with E-state index in [1.807, 2.05) is 0 Å². The monoisotopic (exact) mass is 158 g/mol.